The third-order valence-electron chi connectivity index (χ3n) is 5.38. The van der Waals surface area contributed by atoms with Crippen LogP contribution >= 0.6 is 0 Å². The van der Waals surface area contributed by atoms with Crippen molar-refractivity contribution in [2.45, 2.75) is 31.7 Å². The minimum atomic E-state index is -0.786. The number of carboxylic acids is 1. The van der Waals surface area contributed by atoms with E-state index in [-0.39, 0.29) is 0 Å². The molecule has 1 N–H and O–H groups in total. The molecule has 0 radical (unpaired) electrons. The lowest BCUT2D eigenvalue weighted by Gasteiger charge is -2.32. The number of nitrogens with zero attached hydrogens (tertiary/aromatic N) is 1. The quantitative estimate of drug-likeness (QED) is 0.898. The second-order valence-corrected chi connectivity index (χ2v) is 6.89. The second kappa shape index (κ2) is 7.99. The third-order valence-corrected chi connectivity index (χ3v) is 5.38. The molecule has 2 aliphatic heterocycles. The Hall–Kier alpha value is -1.59. The molecule has 2 aliphatic rings. The first-order valence-electron chi connectivity index (χ1n) is 8.87. The van der Waals surface area contributed by atoms with Crippen LogP contribution in [0.15, 0.2) is 24.3 Å². The average Bonchev–Trinajstić information content (AvgIpc) is 3.02. The smallest absolute Gasteiger partial charge is 0.325 e. The van der Waals surface area contributed by atoms with E-state index in [9.17, 15) is 9.90 Å². The molecule has 3 rings (SSSR count). The molecular weight excluding hydrogens is 306 g/mol. The Morgan fingerprint density at radius 3 is 2.92 bits per heavy atom. The number of ether oxygens (including phenoxy) is 2. The average molecular weight is 333 g/mol. The number of hydrogen-bond donors (Lipinski definition) is 1. The molecule has 2 heterocycles. The Morgan fingerprint density at radius 2 is 2.21 bits per heavy atom. The number of rotatable bonds is 5. The molecule has 1 aromatic rings. The van der Waals surface area contributed by atoms with E-state index in [1.807, 2.05) is 24.3 Å². The summed E-state index contributed by atoms with van der Waals surface area (Å²) in [5.74, 6) is 1.02. The van der Waals surface area contributed by atoms with Gasteiger partial charge in [-0.25, -0.2) is 0 Å². The largest absolute Gasteiger partial charge is 0.497 e. The Labute approximate surface area is 143 Å². The minimum Gasteiger partial charge on any atom is -0.497 e. The van der Waals surface area contributed by atoms with Crippen LogP contribution in [0.3, 0.4) is 0 Å². The second-order valence-electron chi connectivity index (χ2n) is 6.89. The molecular formula is C19H27NO4. The standard InChI is InChI=1S/C19H27NO4/c1-23-17-7-4-6-14(11-17)18(19(21)22)20-9-3-2-5-15(12-20)16-8-10-24-13-16/h4,6-7,11,15-16,18H,2-3,5,8-10,12-13H2,1H3,(H,21,22). The summed E-state index contributed by atoms with van der Waals surface area (Å²) in [6.45, 7) is 3.34. The fourth-order valence-electron chi connectivity index (χ4n) is 4.07. The predicted octanol–water partition coefficient (Wildman–Crippen LogP) is 2.96. The highest BCUT2D eigenvalue weighted by atomic mass is 16.5. The fourth-order valence-corrected chi connectivity index (χ4v) is 4.07. The topological polar surface area (TPSA) is 59.0 Å². The molecule has 3 atom stereocenters. The number of methoxy groups -OCH3 is 1. The fraction of sp³-hybridized carbons (Fsp3) is 0.632. The maximum atomic E-state index is 12.0. The maximum Gasteiger partial charge on any atom is 0.325 e. The van der Waals surface area contributed by atoms with E-state index >= 15 is 0 Å². The molecule has 2 saturated heterocycles. The van der Waals surface area contributed by atoms with Crippen molar-refractivity contribution in [3.8, 4) is 5.75 Å². The summed E-state index contributed by atoms with van der Waals surface area (Å²) in [5, 5.41) is 9.88. The summed E-state index contributed by atoms with van der Waals surface area (Å²) in [6.07, 6.45) is 4.50. The summed E-state index contributed by atoms with van der Waals surface area (Å²) in [5.41, 5.74) is 0.796. The minimum absolute atomic E-state index is 0.530. The van der Waals surface area contributed by atoms with Gasteiger partial charge in [0.05, 0.1) is 7.11 Å². The number of carbonyl (C=O) groups is 1. The van der Waals surface area contributed by atoms with Crippen LogP contribution in [-0.4, -0.2) is 49.4 Å². The van der Waals surface area contributed by atoms with Crippen LogP contribution in [0.1, 0.15) is 37.3 Å². The van der Waals surface area contributed by atoms with Crippen molar-refractivity contribution in [2.24, 2.45) is 11.8 Å². The van der Waals surface area contributed by atoms with Crippen LogP contribution in [0.4, 0.5) is 0 Å². The van der Waals surface area contributed by atoms with Gasteiger partial charge in [-0.05, 0) is 55.3 Å². The molecule has 0 spiro atoms. The van der Waals surface area contributed by atoms with Gasteiger partial charge < -0.3 is 14.6 Å². The van der Waals surface area contributed by atoms with Gasteiger partial charge in [0.2, 0.25) is 0 Å². The summed E-state index contributed by atoms with van der Waals surface area (Å²) in [7, 11) is 1.61. The van der Waals surface area contributed by atoms with Crippen molar-refractivity contribution in [3.63, 3.8) is 0 Å². The monoisotopic (exact) mass is 333 g/mol. The van der Waals surface area contributed by atoms with Gasteiger partial charge in [0.15, 0.2) is 0 Å². The van der Waals surface area contributed by atoms with Gasteiger partial charge >= 0.3 is 5.97 Å². The van der Waals surface area contributed by atoms with Crippen LogP contribution in [0.25, 0.3) is 0 Å². The van der Waals surface area contributed by atoms with E-state index in [0.717, 1.165) is 44.7 Å². The molecule has 0 aliphatic carbocycles. The Morgan fingerprint density at radius 1 is 1.33 bits per heavy atom. The highest BCUT2D eigenvalue weighted by molar-refractivity contribution is 5.75. The van der Waals surface area contributed by atoms with E-state index < -0.39 is 12.0 Å². The van der Waals surface area contributed by atoms with Crippen LogP contribution in [-0.2, 0) is 9.53 Å². The Balaban J connectivity index is 1.81. The van der Waals surface area contributed by atoms with E-state index in [4.69, 9.17) is 9.47 Å². The lowest BCUT2D eigenvalue weighted by Crippen LogP contribution is -2.38. The van der Waals surface area contributed by atoms with Gasteiger partial charge in [0.25, 0.3) is 0 Å². The third kappa shape index (κ3) is 3.90. The van der Waals surface area contributed by atoms with Crippen molar-refractivity contribution < 1.29 is 19.4 Å². The first-order chi connectivity index (χ1) is 11.7. The van der Waals surface area contributed by atoms with E-state index in [1.54, 1.807) is 7.11 Å². The number of hydrogen-bond acceptors (Lipinski definition) is 4. The molecule has 1 aromatic carbocycles. The molecule has 0 aromatic heterocycles. The molecule has 0 saturated carbocycles. The summed E-state index contributed by atoms with van der Waals surface area (Å²) < 4.78 is 10.8. The molecule has 0 amide bonds. The molecule has 3 unspecified atom stereocenters. The van der Waals surface area contributed by atoms with Gasteiger partial charge in [0, 0.05) is 19.8 Å². The zero-order valence-electron chi connectivity index (χ0n) is 14.3. The summed E-state index contributed by atoms with van der Waals surface area (Å²) in [6, 6.07) is 6.84. The lowest BCUT2D eigenvalue weighted by molar-refractivity contribution is -0.143. The Bertz CT molecular complexity index is 556. The van der Waals surface area contributed by atoms with Crippen LogP contribution < -0.4 is 4.74 Å². The van der Waals surface area contributed by atoms with Crippen molar-refractivity contribution in [2.75, 3.05) is 33.4 Å². The number of aliphatic carboxylic acids is 1. The summed E-state index contributed by atoms with van der Waals surface area (Å²) in [4.78, 5) is 14.2. The normalized spacial score (nSPS) is 26.7. The number of likely N-dealkylation sites (tertiary alicyclic amines) is 1. The van der Waals surface area contributed by atoms with Crippen molar-refractivity contribution in [1.82, 2.24) is 4.90 Å². The first kappa shape index (κ1) is 17.2. The highest BCUT2D eigenvalue weighted by Gasteiger charge is 2.34. The molecule has 132 valence electrons. The van der Waals surface area contributed by atoms with Gasteiger partial charge in [-0.1, -0.05) is 18.6 Å². The summed E-state index contributed by atoms with van der Waals surface area (Å²) >= 11 is 0. The van der Waals surface area contributed by atoms with Crippen molar-refractivity contribution in [3.05, 3.63) is 29.8 Å². The molecule has 24 heavy (non-hydrogen) atoms. The van der Waals surface area contributed by atoms with E-state index in [0.29, 0.717) is 17.6 Å². The van der Waals surface area contributed by atoms with E-state index in [1.165, 1.54) is 12.8 Å². The van der Waals surface area contributed by atoms with Gasteiger partial charge in [-0.3, -0.25) is 9.69 Å². The van der Waals surface area contributed by atoms with Gasteiger partial charge in [-0.15, -0.1) is 0 Å². The highest BCUT2D eigenvalue weighted by Crippen LogP contribution is 2.33. The van der Waals surface area contributed by atoms with Crippen LogP contribution in [0.2, 0.25) is 0 Å². The molecule has 0 bridgehead atoms. The van der Waals surface area contributed by atoms with Gasteiger partial charge in [-0.2, -0.15) is 0 Å². The lowest BCUT2D eigenvalue weighted by atomic mass is 9.87. The van der Waals surface area contributed by atoms with Crippen molar-refractivity contribution in [1.29, 1.82) is 0 Å². The predicted molar refractivity (Wildman–Crippen MR) is 91.2 cm³/mol. The maximum absolute atomic E-state index is 12.0. The Kier molecular flexibility index (Phi) is 5.74. The van der Waals surface area contributed by atoms with Crippen LogP contribution in [0, 0.1) is 11.8 Å². The molecule has 2 fully saturated rings. The SMILES string of the molecule is COc1cccc(C(C(=O)O)N2CCCCC(C3CCOC3)C2)c1. The number of benzene rings is 1. The zero-order valence-corrected chi connectivity index (χ0v) is 14.3. The molecule has 5 nitrogen and oxygen atoms in total. The van der Waals surface area contributed by atoms with Gasteiger partial charge in [0.1, 0.15) is 11.8 Å². The first-order valence-corrected chi connectivity index (χ1v) is 8.87. The number of carboxylic acid groups (broad SMARTS) is 1. The van der Waals surface area contributed by atoms with Crippen molar-refractivity contribution >= 4 is 5.97 Å². The molecule has 5 heteroatoms. The van der Waals surface area contributed by atoms with Crippen LogP contribution in [0.5, 0.6) is 5.75 Å². The zero-order chi connectivity index (χ0) is 16.9. The van der Waals surface area contributed by atoms with E-state index in [2.05, 4.69) is 4.90 Å².